The van der Waals surface area contributed by atoms with Gasteiger partial charge in [0.05, 0.1) is 25.8 Å². The lowest BCUT2D eigenvalue weighted by molar-refractivity contribution is 0.0970. The Morgan fingerprint density at radius 3 is 2.64 bits per heavy atom. The van der Waals surface area contributed by atoms with Gasteiger partial charge in [-0.25, -0.2) is 4.39 Å². The Hall–Kier alpha value is -3.59. The second kappa shape index (κ2) is 11.0. The second-order valence-electron chi connectivity index (χ2n) is 8.28. The average molecular weight is 513 g/mol. The lowest BCUT2D eigenvalue weighted by Crippen LogP contribution is -2.23. The van der Waals surface area contributed by atoms with Crippen LogP contribution in [0.4, 0.5) is 10.1 Å². The van der Waals surface area contributed by atoms with E-state index in [9.17, 15) is 14.3 Å². The minimum atomic E-state index is -0.968. The molecule has 7 nitrogen and oxygen atoms in total. The number of aliphatic hydroxyl groups is 2. The number of anilines is 1. The van der Waals surface area contributed by atoms with E-state index in [1.165, 1.54) is 19.4 Å². The van der Waals surface area contributed by atoms with Gasteiger partial charge in [0, 0.05) is 46.1 Å². The fourth-order valence-corrected chi connectivity index (χ4v) is 4.34. The van der Waals surface area contributed by atoms with Gasteiger partial charge in [0.1, 0.15) is 30.0 Å². The van der Waals surface area contributed by atoms with Crippen LogP contribution < -0.4 is 14.8 Å². The maximum atomic E-state index is 14.5. The molecule has 0 spiro atoms. The molecular weight excluding hydrogens is 487 g/mol. The summed E-state index contributed by atoms with van der Waals surface area (Å²) >= 11 is 6.14. The maximum absolute atomic E-state index is 14.5. The van der Waals surface area contributed by atoms with Crippen molar-refractivity contribution in [1.82, 2.24) is 4.98 Å². The van der Waals surface area contributed by atoms with Gasteiger partial charge < -0.3 is 30.0 Å². The molecule has 0 aliphatic carbocycles. The van der Waals surface area contributed by atoms with Crippen LogP contribution >= 0.6 is 11.6 Å². The first-order valence-electron chi connectivity index (χ1n) is 11.2. The Kier molecular flexibility index (Phi) is 7.79. The lowest BCUT2D eigenvalue weighted by Gasteiger charge is -2.22. The zero-order chi connectivity index (χ0) is 25.8. The fourth-order valence-electron chi connectivity index (χ4n) is 4.15. The van der Waals surface area contributed by atoms with Crippen LogP contribution in [0.5, 0.6) is 11.5 Å². The Bertz CT molecular complexity index is 1400. The number of carbonyl (C=O) groups is 1. The van der Waals surface area contributed by atoms with E-state index >= 15 is 0 Å². The summed E-state index contributed by atoms with van der Waals surface area (Å²) in [6, 6.07) is 12.1. The van der Waals surface area contributed by atoms with Crippen LogP contribution in [0.3, 0.4) is 0 Å². The van der Waals surface area contributed by atoms with Crippen molar-refractivity contribution in [3.63, 3.8) is 0 Å². The van der Waals surface area contributed by atoms with Crippen LogP contribution in [0.25, 0.3) is 10.9 Å². The fraction of sp³-hybridized carbons (Fsp3) is 0.222. The third-order valence-electron chi connectivity index (χ3n) is 5.79. The van der Waals surface area contributed by atoms with E-state index in [1.807, 2.05) is 0 Å². The smallest absolute Gasteiger partial charge is 0.191 e. The van der Waals surface area contributed by atoms with Crippen molar-refractivity contribution in [3.05, 3.63) is 87.8 Å². The number of hydrogen-bond donors (Lipinski definition) is 4. The highest BCUT2D eigenvalue weighted by Crippen LogP contribution is 2.34. The number of aliphatic hydroxyl groups excluding tert-OH is 2. The summed E-state index contributed by atoms with van der Waals surface area (Å²) in [6.07, 6.45) is 1.49. The number of hydrogen-bond acceptors (Lipinski definition) is 6. The molecule has 0 amide bonds. The first-order valence-corrected chi connectivity index (χ1v) is 11.6. The molecule has 0 aliphatic rings. The third-order valence-corrected chi connectivity index (χ3v) is 6.02. The van der Waals surface area contributed by atoms with Gasteiger partial charge in [-0.3, -0.25) is 4.79 Å². The molecule has 3 aromatic carbocycles. The van der Waals surface area contributed by atoms with Gasteiger partial charge in [0.2, 0.25) is 0 Å². The molecule has 9 heteroatoms. The second-order valence-corrected chi connectivity index (χ2v) is 8.72. The molecule has 4 N–H and O–H groups in total. The Morgan fingerprint density at radius 2 is 1.92 bits per heavy atom. The predicted octanol–water partition coefficient (Wildman–Crippen LogP) is 5.18. The van der Waals surface area contributed by atoms with E-state index in [1.54, 1.807) is 49.4 Å². The number of fused-ring (bicyclic) bond motifs is 1. The van der Waals surface area contributed by atoms with Crippen LogP contribution in [0.1, 0.15) is 33.1 Å². The zero-order valence-corrected chi connectivity index (χ0v) is 20.5. The molecule has 1 heterocycles. The van der Waals surface area contributed by atoms with E-state index in [-0.39, 0.29) is 31.1 Å². The standard InChI is InChI=1S/C27H26ClFN2O5/c1-15-7-22-23(13-30-25(22)24(29)8-15)27(34)26(21-4-3-17(28)9-16(21)14-33)31-18-10-19(35-2)12-20(11-18)36-6-5-32/h3-4,7-13,26,30-33H,5-6,14H2,1-2H3. The SMILES string of the molecule is COc1cc(NC(C(=O)c2c[nH]c3c(F)cc(C)cc23)c2ccc(Cl)cc2CO)cc(OCCO)c1. The summed E-state index contributed by atoms with van der Waals surface area (Å²) in [4.78, 5) is 16.9. The van der Waals surface area contributed by atoms with Gasteiger partial charge >= 0.3 is 0 Å². The number of H-pyrrole nitrogens is 1. The van der Waals surface area contributed by atoms with Gasteiger partial charge in [0.25, 0.3) is 0 Å². The maximum Gasteiger partial charge on any atom is 0.191 e. The Balaban J connectivity index is 1.83. The monoisotopic (exact) mass is 512 g/mol. The van der Waals surface area contributed by atoms with Crippen LogP contribution in [0.2, 0.25) is 5.02 Å². The van der Waals surface area contributed by atoms with Crippen LogP contribution in [0, 0.1) is 12.7 Å². The van der Waals surface area contributed by atoms with E-state index in [0.717, 1.165) is 0 Å². The van der Waals surface area contributed by atoms with Crippen molar-refractivity contribution < 1.29 is 28.9 Å². The minimum absolute atomic E-state index is 0.0844. The number of nitrogens with one attached hydrogen (secondary N) is 2. The normalized spacial score (nSPS) is 11.9. The number of halogens is 2. The first kappa shape index (κ1) is 25.5. The number of aromatic amines is 1. The predicted molar refractivity (Wildman–Crippen MR) is 137 cm³/mol. The molecule has 0 bridgehead atoms. The van der Waals surface area contributed by atoms with E-state index < -0.39 is 11.9 Å². The van der Waals surface area contributed by atoms with Gasteiger partial charge in [-0.15, -0.1) is 0 Å². The molecule has 36 heavy (non-hydrogen) atoms. The minimum Gasteiger partial charge on any atom is -0.497 e. The molecule has 1 unspecified atom stereocenters. The molecule has 0 radical (unpaired) electrons. The summed E-state index contributed by atoms with van der Waals surface area (Å²) in [5.41, 5.74) is 2.69. The van der Waals surface area contributed by atoms with Gasteiger partial charge in [-0.1, -0.05) is 17.7 Å². The average Bonchev–Trinajstić information content (AvgIpc) is 3.29. The summed E-state index contributed by atoms with van der Waals surface area (Å²) in [5, 5.41) is 23.2. The number of aromatic nitrogens is 1. The molecular formula is C27H26ClFN2O5. The molecule has 1 aromatic heterocycles. The summed E-state index contributed by atoms with van der Waals surface area (Å²) in [7, 11) is 1.50. The Labute approximate surface area is 212 Å². The highest BCUT2D eigenvalue weighted by molar-refractivity contribution is 6.30. The van der Waals surface area contributed by atoms with E-state index in [4.69, 9.17) is 26.2 Å². The Morgan fingerprint density at radius 1 is 1.14 bits per heavy atom. The molecule has 4 rings (SSSR count). The highest BCUT2D eigenvalue weighted by atomic mass is 35.5. The number of ether oxygens (including phenoxy) is 2. The number of rotatable bonds is 10. The zero-order valence-electron chi connectivity index (χ0n) is 19.8. The van der Waals surface area contributed by atoms with Crippen LogP contribution in [0.15, 0.2) is 54.7 Å². The first-order chi connectivity index (χ1) is 17.3. The summed E-state index contributed by atoms with van der Waals surface area (Å²) in [5.74, 6) is 0.112. The number of methoxy groups -OCH3 is 1. The van der Waals surface area contributed by atoms with Gasteiger partial charge in [0.15, 0.2) is 5.78 Å². The van der Waals surface area contributed by atoms with Crippen LogP contribution in [-0.4, -0.2) is 41.3 Å². The van der Waals surface area contributed by atoms with Gasteiger partial charge in [-0.05, 0) is 47.9 Å². The number of benzene rings is 3. The molecule has 0 saturated heterocycles. The highest BCUT2D eigenvalue weighted by Gasteiger charge is 2.27. The third kappa shape index (κ3) is 5.31. The molecule has 188 valence electrons. The van der Waals surface area contributed by atoms with Gasteiger partial charge in [-0.2, -0.15) is 0 Å². The van der Waals surface area contributed by atoms with E-state index in [2.05, 4.69) is 10.3 Å². The van der Waals surface area contributed by atoms with Crippen LogP contribution in [-0.2, 0) is 6.61 Å². The number of aryl methyl sites for hydroxylation is 1. The van der Waals surface area contributed by atoms with Crippen molar-refractivity contribution >= 4 is 34.0 Å². The lowest BCUT2D eigenvalue weighted by atomic mass is 9.93. The largest absolute Gasteiger partial charge is 0.497 e. The topological polar surface area (TPSA) is 104 Å². The molecule has 0 saturated carbocycles. The van der Waals surface area contributed by atoms with Crippen molar-refractivity contribution in [3.8, 4) is 11.5 Å². The van der Waals surface area contributed by atoms with Crippen molar-refractivity contribution in [2.24, 2.45) is 0 Å². The summed E-state index contributed by atoms with van der Waals surface area (Å²) in [6.45, 7) is 1.34. The molecule has 4 aromatic rings. The quantitative estimate of drug-likeness (QED) is 0.218. The molecule has 0 fully saturated rings. The number of ketones is 1. The number of Topliss-reactive ketones (excluding diaryl/α,β-unsaturated/α-hetero) is 1. The van der Waals surface area contributed by atoms with Crippen molar-refractivity contribution in [2.45, 2.75) is 19.6 Å². The number of carbonyl (C=O) groups excluding carboxylic acids is 1. The molecule has 0 aliphatic heterocycles. The molecule has 1 atom stereocenters. The summed E-state index contributed by atoms with van der Waals surface area (Å²) < 4.78 is 25.4. The van der Waals surface area contributed by atoms with Crippen molar-refractivity contribution in [1.29, 1.82) is 0 Å². The van der Waals surface area contributed by atoms with Crippen molar-refractivity contribution in [2.75, 3.05) is 25.6 Å². The van der Waals surface area contributed by atoms with E-state index in [0.29, 0.717) is 49.8 Å².